The van der Waals surface area contributed by atoms with Crippen LogP contribution in [0.4, 0.5) is 0 Å². The summed E-state index contributed by atoms with van der Waals surface area (Å²) in [7, 11) is 0. The molecule has 0 radical (unpaired) electrons. The highest BCUT2D eigenvalue weighted by atomic mass is 32.1. The normalized spacial score (nSPS) is 20.8. The summed E-state index contributed by atoms with van der Waals surface area (Å²) < 4.78 is 2.30. The van der Waals surface area contributed by atoms with Crippen LogP contribution in [0.15, 0.2) is 11.6 Å². The Balaban J connectivity index is 1.98. The number of aryl methyl sites for hydroxylation is 1. The summed E-state index contributed by atoms with van der Waals surface area (Å²) in [5, 5.41) is 2.14. The molecule has 2 nitrogen and oxygen atoms in total. The first-order valence-corrected chi connectivity index (χ1v) is 7.43. The van der Waals surface area contributed by atoms with Crippen molar-refractivity contribution < 1.29 is 0 Å². The molecule has 0 amide bonds. The minimum atomic E-state index is 0.456. The summed E-state index contributed by atoms with van der Waals surface area (Å²) in [4.78, 5) is 5.91. The first kappa shape index (κ1) is 11.3. The Bertz CT molecular complexity index is 535. The number of imidazole rings is 1. The van der Waals surface area contributed by atoms with Gasteiger partial charge < -0.3 is 0 Å². The van der Waals surface area contributed by atoms with Gasteiger partial charge in [0.1, 0.15) is 0 Å². The average molecular weight is 248 g/mol. The van der Waals surface area contributed by atoms with Gasteiger partial charge in [-0.3, -0.25) is 4.40 Å². The SMILES string of the molecule is CCC(C)(C)C1CCc2nc3sccn3c2C1. The average Bonchev–Trinajstić information content (AvgIpc) is 2.88. The van der Waals surface area contributed by atoms with E-state index in [0.717, 1.165) is 12.3 Å². The molecule has 2 heterocycles. The summed E-state index contributed by atoms with van der Waals surface area (Å²) in [5.41, 5.74) is 3.27. The Morgan fingerprint density at radius 1 is 1.53 bits per heavy atom. The van der Waals surface area contributed by atoms with E-state index in [-0.39, 0.29) is 0 Å². The molecule has 2 aromatic heterocycles. The van der Waals surface area contributed by atoms with Crippen molar-refractivity contribution in [3.05, 3.63) is 23.0 Å². The van der Waals surface area contributed by atoms with Gasteiger partial charge in [-0.05, 0) is 30.6 Å². The van der Waals surface area contributed by atoms with E-state index >= 15 is 0 Å². The number of nitrogens with zero attached hydrogens (tertiary/aromatic N) is 2. The lowest BCUT2D eigenvalue weighted by Crippen LogP contribution is -2.29. The largest absolute Gasteiger partial charge is 0.294 e. The molecule has 3 rings (SSSR count). The second kappa shape index (κ2) is 3.84. The highest BCUT2D eigenvalue weighted by molar-refractivity contribution is 7.15. The van der Waals surface area contributed by atoms with Crippen molar-refractivity contribution in [3.63, 3.8) is 0 Å². The van der Waals surface area contributed by atoms with Crippen molar-refractivity contribution in [3.8, 4) is 0 Å². The van der Waals surface area contributed by atoms with Crippen LogP contribution >= 0.6 is 11.3 Å². The Hall–Kier alpha value is -0.830. The van der Waals surface area contributed by atoms with Crippen LogP contribution in [0.3, 0.4) is 0 Å². The van der Waals surface area contributed by atoms with Crippen molar-refractivity contribution in [2.75, 3.05) is 0 Å². The fraction of sp³-hybridized carbons (Fsp3) is 0.643. The van der Waals surface area contributed by atoms with Crippen molar-refractivity contribution in [2.45, 2.75) is 46.5 Å². The van der Waals surface area contributed by atoms with E-state index in [4.69, 9.17) is 4.98 Å². The third-order valence-electron chi connectivity index (χ3n) is 4.63. The summed E-state index contributed by atoms with van der Waals surface area (Å²) in [6, 6.07) is 0. The van der Waals surface area contributed by atoms with Crippen molar-refractivity contribution >= 4 is 16.3 Å². The number of aromatic nitrogens is 2. The van der Waals surface area contributed by atoms with E-state index in [1.165, 1.54) is 35.6 Å². The van der Waals surface area contributed by atoms with Crippen LogP contribution in [0.2, 0.25) is 0 Å². The van der Waals surface area contributed by atoms with E-state index in [0.29, 0.717) is 5.41 Å². The lowest BCUT2D eigenvalue weighted by Gasteiger charge is -2.36. The van der Waals surface area contributed by atoms with Crippen LogP contribution in [0.5, 0.6) is 0 Å². The van der Waals surface area contributed by atoms with E-state index in [1.54, 1.807) is 11.3 Å². The summed E-state index contributed by atoms with van der Waals surface area (Å²) in [5.74, 6) is 0.805. The molecule has 0 spiro atoms. The number of hydrogen-bond acceptors (Lipinski definition) is 2. The van der Waals surface area contributed by atoms with E-state index in [2.05, 4.69) is 36.7 Å². The Morgan fingerprint density at radius 3 is 3.12 bits per heavy atom. The third-order valence-corrected chi connectivity index (χ3v) is 5.39. The predicted molar refractivity (Wildman–Crippen MR) is 72.7 cm³/mol. The lowest BCUT2D eigenvalue weighted by atomic mass is 9.70. The van der Waals surface area contributed by atoms with Gasteiger partial charge in [0.15, 0.2) is 4.96 Å². The van der Waals surface area contributed by atoms with Gasteiger partial charge in [0, 0.05) is 17.3 Å². The number of fused-ring (bicyclic) bond motifs is 3. The summed E-state index contributed by atoms with van der Waals surface area (Å²) in [6.45, 7) is 7.13. The molecule has 2 aromatic rings. The van der Waals surface area contributed by atoms with Crippen LogP contribution in [0, 0.1) is 11.3 Å². The maximum absolute atomic E-state index is 4.74. The van der Waals surface area contributed by atoms with Crippen LogP contribution in [0.25, 0.3) is 4.96 Å². The van der Waals surface area contributed by atoms with Gasteiger partial charge >= 0.3 is 0 Å². The standard InChI is InChI=1S/C14H20N2S/c1-4-14(2,3)10-5-6-11-12(9-10)16-7-8-17-13(16)15-11/h7-8,10H,4-6,9H2,1-3H3. The second-order valence-electron chi connectivity index (χ2n) is 5.84. The van der Waals surface area contributed by atoms with Gasteiger partial charge in [-0.1, -0.05) is 27.2 Å². The number of thiazole rings is 1. The molecule has 1 aliphatic rings. The molecule has 0 bridgehead atoms. The van der Waals surface area contributed by atoms with Crippen LogP contribution in [-0.2, 0) is 12.8 Å². The maximum Gasteiger partial charge on any atom is 0.194 e. The van der Waals surface area contributed by atoms with Gasteiger partial charge in [0.25, 0.3) is 0 Å². The van der Waals surface area contributed by atoms with Gasteiger partial charge in [0.2, 0.25) is 0 Å². The molecule has 0 saturated carbocycles. The van der Waals surface area contributed by atoms with E-state index < -0.39 is 0 Å². The Morgan fingerprint density at radius 2 is 2.35 bits per heavy atom. The minimum absolute atomic E-state index is 0.456. The zero-order chi connectivity index (χ0) is 12.0. The topological polar surface area (TPSA) is 17.3 Å². The van der Waals surface area contributed by atoms with Crippen molar-refractivity contribution in [2.24, 2.45) is 11.3 Å². The molecule has 17 heavy (non-hydrogen) atoms. The van der Waals surface area contributed by atoms with E-state index in [9.17, 15) is 0 Å². The van der Waals surface area contributed by atoms with Crippen molar-refractivity contribution in [1.29, 1.82) is 0 Å². The van der Waals surface area contributed by atoms with Gasteiger partial charge in [-0.15, -0.1) is 11.3 Å². The van der Waals surface area contributed by atoms with Gasteiger partial charge in [-0.25, -0.2) is 4.98 Å². The minimum Gasteiger partial charge on any atom is -0.294 e. The van der Waals surface area contributed by atoms with Crippen LogP contribution < -0.4 is 0 Å². The molecule has 0 saturated heterocycles. The molecule has 0 aliphatic heterocycles. The molecule has 92 valence electrons. The third kappa shape index (κ3) is 1.71. The summed E-state index contributed by atoms with van der Waals surface area (Å²) >= 11 is 1.75. The predicted octanol–water partition coefficient (Wildman–Crippen LogP) is 3.94. The molecule has 1 unspecified atom stereocenters. The zero-order valence-corrected chi connectivity index (χ0v) is 11.7. The zero-order valence-electron chi connectivity index (χ0n) is 10.9. The monoisotopic (exact) mass is 248 g/mol. The van der Waals surface area contributed by atoms with Gasteiger partial charge in [-0.2, -0.15) is 0 Å². The molecule has 0 N–H and O–H groups in total. The fourth-order valence-electron chi connectivity index (χ4n) is 2.90. The number of rotatable bonds is 2. The Labute approximate surface area is 107 Å². The van der Waals surface area contributed by atoms with Gasteiger partial charge in [0.05, 0.1) is 5.69 Å². The highest BCUT2D eigenvalue weighted by Crippen LogP contribution is 2.40. The highest BCUT2D eigenvalue weighted by Gasteiger charge is 2.33. The second-order valence-corrected chi connectivity index (χ2v) is 6.72. The molecular formula is C14H20N2S. The molecule has 0 aromatic carbocycles. The summed E-state index contributed by atoms with van der Waals surface area (Å²) in [6.07, 6.45) is 7.11. The Kier molecular flexibility index (Phi) is 2.54. The van der Waals surface area contributed by atoms with E-state index in [1.807, 2.05) is 0 Å². The smallest absolute Gasteiger partial charge is 0.194 e. The first-order chi connectivity index (χ1) is 8.12. The fourth-order valence-corrected chi connectivity index (χ4v) is 3.65. The maximum atomic E-state index is 4.74. The van der Waals surface area contributed by atoms with Crippen molar-refractivity contribution in [1.82, 2.24) is 9.38 Å². The quantitative estimate of drug-likeness (QED) is 0.787. The van der Waals surface area contributed by atoms with Crippen LogP contribution in [-0.4, -0.2) is 9.38 Å². The molecule has 1 aliphatic carbocycles. The molecule has 3 heteroatoms. The molecular weight excluding hydrogens is 228 g/mol. The lowest BCUT2D eigenvalue weighted by molar-refractivity contribution is 0.180. The number of hydrogen-bond donors (Lipinski definition) is 0. The molecule has 0 fully saturated rings. The van der Waals surface area contributed by atoms with Crippen LogP contribution in [0.1, 0.15) is 45.0 Å². The molecule has 1 atom stereocenters. The first-order valence-electron chi connectivity index (χ1n) is 6.55.